The van der Waals surface area contributed by atoms with E-state index in [1.54, 1.807) is 18.2 Å². The second-order valence-electron chi connectivity index (χ2n) is 7.97. The lowest BCUT2D eigenvalue weighted by Crippen LogP contribution is -2.38. The number of amides is 2. The molecule has 0 saturated carbocycles. The summed E-state index contributed by atoms with van der Waals surface area (Å²) in [5, 5.41) is 1.04. The first-order valence-corrected chi connectivity index (χ1v) is 12.3. The summed E-state index contributed by atoms with van der Waals surface area (Å²) >= 11 is 0. The minimum Gasteiger partial charge on any atom is -0.493 e. The van der Waals surface area contributed by atoms with Crippen molar-refractivity contribution in [3.63, 3.8) is 0 Å². The highest BCUT2D eigenvalue weighted by Gasteiger charge is 2.40. The number of rotatable bonds is 6. The van der Waals surface area contributed by atoms with E-state index in [-0.39, 0.29) is 16.3 Å². The number of hydrogen-bond donors (Lipinski definition) is 1. The van der Waals surface area contributed by atoms with Gasteiger partial charge in [-0.3, -0.25) is 9.59 Å². The van der Waals surface area contributed by atoms with Gasteiger partial charge in [0, 0.05) is 12.5 Å². The lowest BCUT2D eigenvalue weighted by molar-refractivity contribution is -0.121. The first kappa shape index (κ1) is 25.1. The third-order valence-electron chi connectivity index (χ3n) is 5.78. The van der Waals surface area contributed by atoms with Crippen molar-refractivity contribution in [3.05, 3.63) is 77.9 Å². The van der Waals surface area contributed by atoms with Crippen LogP contribution in [0.5, 0.6) is 11.5 Å². The van der Waals surface area contributed by atoms with Crippen molar-refractivity contribution in [2.75, 3.05) is 31.0 Å². The molecule has 3 aromatic rings. The van der Waals surface area contributed by atoms with Crippen LogP contribution in [0.2, 0.25) is 0 Å². The summed E-state index contributed by atoms with van der Waals surface area (Å²) in [6, 6.07) is 13.1. The van der Waals surface area contributed by atoms with Gasteiger partial charge in [-0.1, -0.05) is 18.2 Å². The summed E-state index contributed by atoms with van der Waals surface area (Å²) in [4.78, 5) is 27.0. The van der Waals surface area contributed by atoms with Gasteiger partial charge < -0.3 is 19.7 Å². The second kappa shape index (κ2) is 9.94. The number of nitrogens with one attached hydrogen (secondary N) is 1. The van der Waals surface area contributed by atoms with Gasteiger partial charge in [0.15, 0.2) is 21.3 Å². The molecule has 3 aromatic carbocycles. The molecule has 1 unspecified atom stereocenters. The van der Waals surface area contributed by atoms with Gasteiger partial charge in [-0.2, -0.15) is 0 Å². The maximum absolute atomic E-state index is 14.0. The number of benzene rings is 3. The van der Waals surface area contributed by atoms with Crippen LogP contribution < -0.4 is 19.7 Å². The SMILES string of the molecule is COc1ccc(C2CC(=O)N(CC(=O)Nc3ccc(F)cc3F)c3ccccc3S2(=O)=O)cc1OC. The third kappa shape index (κ3) is 4.74. The Balaban J connectivity index is 1.71. The Morgan fingerprint density at radius 2 is 1.75 bits per heavy atom. The summed E-state index contributed by atoms with van der Waals surface area (Å²) < 4.78 is 65.1. The van der Waals surface area contributed by atoms with Gasteiger partial charge in [0.2, 0.25) is 11.8 Å². The van der Waals surface area contributed by atoms with E-state index in [9.17, 15) is 26.8 Å². The second-order valence-corrected chi connectivity index (χ2v) is 10.1. The number of sulfone groups is 1. The fourth-order valence-corrected chi connectivity index (χ4v) is 5.95. The van der Waals surface area contributed by atoms with Crippen molar-refractivity contribution in [2.45, 2.75) is 16.6 Å². The Morgan fingerprint density at radius 3 is 2.44 bits per heavy atom. The summed E-state index contributed by atoms with van der Waals surface area (Å²) in [6.07, 6.45) is -0.454. The number of anilines is 2. The molecular weight excluding hydrogens is 494 g/mol. The Labute approximate surface area is 206 Å². The standard InChI is InChI=1S/C25H22F2N2O6S/c1-34-20-10-7-15(11-21(20)35-2)23-13-25(31)29(19-5-3-4-6-22(19)36(23,32)33)14-24(30)28-18-9-8-16(26)12-17(18)27/h3-12,23H,13-14H2,1-2H3,(H,28,30). The van der Waals surface area contributed by atoms with Gasteiger partial charge in [-0.05, 0) is 42.0 Å². The van der Waals surface area contributed by atoms with Crippen LogP contribution in [-0.4, -0.2) is 41.0 Å². The molecule has 36 heavy (non-hydrogen) atoms. The van der Waals surface area contributed by atoms with Crippen LogP contribution in [0.1, 0.15) is 17.2 Å². The molecule has 1 heterocycles. The topological polar surface area (TPSA) is 102 Å². The first-order chi connectivity index (χ1) is 17.1. The summed E-state index contributed by atoms with van der Waals surface area (Å²) in [7, 11) is -1.23. The summed E-state index contributed by atoms with van der Waals surface area (Å²) in [6.45, 7) is -0.583. The molecule has 11 heteroatoms. The number of carbonyl (C=O) groups is 2. The van der Waals surface area contributed by atoms with E-state index in [0.717, 1.165) is 17.0 Å². The summed E-state index contributed by atoms with van der Waals surface area (Å²) in [5.74, 6) is -2.52. The average Bonchev–Trinajstić information content (AvgIpc) is 2.94. The van der Waals surface area contributed by atoms with Gasteiger partial charge in [-0.25, -0.2) is 17.2 Å². The quantitative estimate of drug-likeness (QED) is 0.534. The molecule has 1 aliphatic rings. The van der Waals surface area contributed by atoms with Gasteiger partial charge in [-0.15, -0.1) is 0 Å². The van der Waals surface area contributed by atoms with Crippen molar-refractivity contribution in [1.82, 2.24) is 0 Å². The van der Waals surface area contributed by atoms with Crippen molar-refractivity contribution in [2.24, 2.45) is 0 Å². The fourth-order valence-electron chi connectivity index (χ4n) is 4.03. The number of fused-ring (bicyclic) bond motifs is 1. The van der Waals surface area contributed by atoms with E-state index >= 15 is 0 Å². The van der Waals surface area contributed by atoms with Crippen molar-refractivity contribution in [3.8, 4) is 11.5 Å². The number of methoxy groups -OCH3 is 2. The van der Waals surface area contributed by atoms with Crippen LogP contribution >= 0.6 is 0 Å². The van der Waals surface area contributed by atoms with E-state index in [2.05, 4.69) is 5.32 Å². The molecule has 8 nitrogen and oxygen atoms in total. The Kier molecular flexibility index (Phi) is 6.93. The molecular formula is C25H22F2N2O6S. The highest BCUT2D eigenvalue weighted by molar-refractivity contribution is 7.92. The van der Waals surface area contributed by atoms with E-state index in [4.69, 9.17) is 9.47 Å². The van der Waals surface area contributed by atoms with Crippen LogP contribution in [0.3, 0.4) is 0 Å². The highest BCUT2D eigenvalue weighted by atomic mass is 32.2. The zero-order valence-electron chi connectivity index (χ0n) is 19.3. The normalized spacial score (nSPS) is 16.6. The molecule has 0 fully saturated rings. The molecule has 0 radical (unpaired) electrons. The molecule has 0 bridgehead atoms. The van der Waals surface area contributed by atoms with E-state index in [0.29, 0.717) is 23.1 Å². The minimum absolute atomic E-state index is 0.0280. The monoisotopic (exact) mass is 516 g/mol. The van der Waals surface area contributed by atoms with Crippen LogP contribution in [0.4, 0.5) is 20.2 Å². The number of nitrogens with zero attached hydrogens (tertiary/aromatic N) is 1. The molecule has 0 aliphatic carbocycles. The number of para-hydroxylation sites is 1. The number of ether oxygens (including phenoxy) is 2. The maximum Gasteiger partial charge on any atom is 0.244 e. The lowest BCUT2D eigenvalue weighted by Gasteiger charge is -2.22. The van der Waals surface area contributed by atoms with Crippen molar-refractivity contribution >= 4 is 33.0 Å². The van der Waals surface area contributed by atoms with Crippen molar-refractivity contribution in [1.29, 1.82) is 0 Å². The van der Waals surface area contributed by atoms with Gasteiger partial charge in [0.25, 0.3) is 0 Å². The molecule has 0 saturated heterocycles. The summed E-state index contributed by atoms with van der Waals surface area (Å²) in [5.41, 5.74) is 0.0727. The number of hydrogen-bond acceptors (Lipinski definition) is 6. The maximum atomic E-state index is 14.0. The molecule has 1 N–H and O–H groups in total. The van der Waals surface area contributed by atoms with Gasteiger partial charge in [0.05, 0.1) is 35.7 Å². The Hall–Kier alpha value is -3.99. The Bertz CT molecular complexity index is 1440. The van der Waals surface area contributed by atoms with Gasteiger partial charge >= 0.3 is 0 Å². The largest absolute Gasteiger partial charge is 0.493 e. The van der Waals surface area contributed by atoms with Gasteiger partial charge in [0.1, 0.15) is 18.2 Å². The smallest absolute Gasteiger partial charge is 0.244 e. The molecule has 4 rings (SSSR count). The number of carbonyl (C=O) groups excluding carboxylic acids is 2. The van der Waals surface area contributed by atoms with Crippen LogP contribution in [0, 0.1) is 11.6 Å². The van der Waals surface area contributed by atoms with E-state index in [1.807, 2.05) is 0 Å². The zero-order valence-corrected chi connectivity index (χ0v) is 20.1. The predicted octanol–water partition coefficient (Wildman–Crippen LogP) is 3.87. The fraction of sp³-hybridized carbons (Fsp3) is 0.200. The molecule has 0 aromatic heterocycles. The number of halogens is 2. The van der Waals surface area contributed by atoms with E-state index in [1.165, 1.54) is 38.5 Å². The molecule has 1 aliphatic heterocycles. The highest BCUT2D eigenvalue weighted by Crippen LogP contribution is 2.42. The predicted molar refractivity (Wildman–Crippen MR) is 128 cm³/mol. The first-order valence-electron chi connectivity index (χ1n) is 10.8. The molecule has 2 amide bonds. The third-order valence-corrected chi connectivity index (χ3v) is 7.93. The zero-order chi connectivity index (χ0) is 26.0. The van der Waals surface area contributed by atoms with Crippen LogP contribution in [0.15, 0.2) is 65.6 Å². The van der Waals surface area contributed by atoms with Crippen LogP contribution in [-0.2, 0) is 19.4 Å². The van der Waals surface area contributed by atoms with Crippen LogP contribution in [0.25, 0.3) is 0 Å². The molecule has 188 valence electrons. The van der Waals surface area contributed by atoms with E-state index < -0.39 is 51.5 Å². The Morgan fingerprint density at radius 1 is 1.03 bits per heavy atom. The lowest BCUT2D eigenvalue weighted by atomic mass is 10.1. The molecule has 1 atom stereocenters. The minimum atomic E-state index is -4.08. The van der Waals surface area contributed by atoms with Crippen molar-refractivity contribution < 1.29 is 36.3 Å². The average molecular weight is 517 g/mol. The molecule has 0 spiro atoms.